The van der Waals surface area contributed by atoms with Crippen LogP contribution in [0.5, 0.6) is 0 Å². The largest absolute Gasteiger partial charge is 0.481 e. The van der Waals surface area contributed by atoms with E-state index in [-0.39, 0.29) is 18.5 Å². The lowest BCUT2D eigenvalue weighted by molar-refractivity contribution is -0.140. The summed E-state index contributed by atoms with van der Waals surface area (Å²) in [5, 5.41) is 11.6. The standard InChI is InChI=1S/C11H18N2O3/c1-11(2,6-12)10(16)13-8-4-3-7(5-8)9(14)15/h3-4,7-8H,5-6,12H2,1-2H3,(H,13,16)(H,14,15). The van der Waals surface area contributed by atoms with Crippen LogP contribution in [0.2, 0.25) is 0 Å². The number of carboxylic acid groups (broad SMARTS) is 1. The van der Waals surface area contributed by atoms with Gasteiger partial charge in [0.15, 0.2) is 0 Å². The summed E-state index contributed by atoms with van der Waals surface area (Å²) in [6, 6.07) is -0.195. The Labute approximate surface area is 94.7 Å². The summed E-state index contributed by atoms with van der Waals surface area (Å²) in [6.45, 7) is 3.78. The second-order valence-corrected chi connectivity index (χ2v) is 4.73. The summed E-state index contributed by atoms with van der Waals surface area (Å²) in [4.78, 5) is 22.5. The van der Waals surface area contributed by atoms with Crippen molar-refractivity contribution in [2.24, 2.45) is 17.1 Å². The molecule has 0 aromatic carbocycles. The molecule has 16 heavy (non-hydrogen) atoms. The topological polar surface area (TPSA) is 92.4 Å². The molecule has 4 N–H and O–H groups in total. The third-order valence-electron chi connectivity index (χ3n) is 2.84. The Morgan fingerprint density at radius 3 is 2.56 bits per heavy atom. The van der Waals surface area contributed by atoms with Gasteiger partial charge in [0, 0.05) is 12.6 Å². The van der Waals surface area contributed by atoms with Crippen LogP contribution >= 0.6 is 0 Å². The molecular weight excluding hydrogens is 208 g/mol. The van der Waals surface area contributed by atoms with Crippen molar-refractivity contribution < 1.29 is 14.7 Å². The van der Waals surface area contributed by atoms with Crippen molar-refractivity contribution in [3.63, 3.8) is 0 Å². The Morgan fingerprint density at radius 1 is 1.50 bits per heavy atom. The Balaban J connectivity index is 2.50. The van der Waals surface area contributed by atoms with Gasteiger partial charge in [-0.1, -0.05) is 12.2 Å². The van der Waals surface area contributed by atoms with Crippen molar-refractivity contribution in [1.29, 1.82) is 0 Å². The number of amides is 1. The van der Waals surface area contributed by atoms with Crippen molar-refractivity contribution in [3.8, 4) is 0 Å². The fourth-order valence-corrected chi connectivity index (χ4v) is 1.45. The highest BCUT2D eigenvalue weighted by Crippen LogP contribution is 2.20. The van der Waals surface area contributed by atoms with Crippen molar-refractivity contribution in [3.05, 3.63) is 12.2 Å². The van der Waals surface area contributed by atoms with Crippen molar-refractivity contribution in [1.82, 2.24) is 5.32 Å². The first kappa shape index (κ1) is 12.7. The molecule has 2 atom stereocenters. The van der Waals surface area contributed by atoms with Gasteiger partial charge in [-0.3, -0.25) is 9.59 Å². The van der Waals surface area contributed by atoms with Crippen LogP contribution in [-0.4, -0.2) is 29.6 Å². The predicted molar refractivity (Wildman–Crippen MR) is 59.6 cm³/mol. The monoisotopic (exact) mass is 226 g/mol. The maximum absolute atomic E-state index is 11.8. The van der Waals surface area contributed by atoms with Gasteiger partial charge in [-0.05, 0) is 20.3 Å². The van der Waals surface area contributed by atoms with Crippen LogP contribution in [0.25, 0.3) is 0 Å². The Hall–Kier alpha value is -1.36. The molecule has 0 saturated heterocycles. The average molecular weight is 226 g/mol. The number of nitrogens with one attached hydrogen (secondary N) is 1. The van der Waals surface area contributed by atoms with Gasteiger partial charge in [-0.2, -0.15) is 0 Å². The van der Waals surface area contributed by atoms with Gasteiger partial charge in [0.25, 0.3) is 0 Å². The van der Waals surface area contributed by atoms with Crippen LogP contribution in [-0.2, 0) is 9.59 Å². The first-order chi connectivity index (χ1) is 7.36. The third-order valence-corrected chi connectivity index (χ3v) is 2.84. The second kappa shape index (κ2) is 4.65. The molecule has 0 aliphatic heterocycles. The van der Waals surface area contributed by atoms with Crippen LogP contribution in [0.15, 0.2) is 12.2 Å². The molecule has 0 radical (unpaired) electrons. The Bertz CT molecular complexity index is 323. The molecule has 2 unspecified atom stereocenters. The molecule has 1 rings (SSSR count). The van der Waals surface area contributed by atoms with E-state index in [1.807, 2.05) is 0 Å². The summed E-state index contributed by atoms with van der Waals surface area (Å²) in [7, 11) is 0. The predicted octanol–water partition coefficient (Wildman–Crippen LogP) is 0.117. The number of rotatable bonds is 4. The minimum atomic E-state index is -0.855. The van der Waals surface area contributed by atoms with E-state index in [9.17, 15) is 9.59 Å². The number of carboxylic acids is 1. The van der Waals surface area contributed by atoms with Crippen LogP contribution in [0, 0.1) is 11.3 Å². The molecule has 5 nitrogen and oxygen atoms in total. The van der Waals surface area contributed by atoms with E-state index in [1.165, 1.54) is 0 Å². The maximum atomic E-state index is 11.8. The summed E-state index contributed by atoms with van der Waals surface area (Å²) in [6.07, 6.45) is 3.76. The van der Waals surface area contributed by atoms with E-state index in [4.69, 9.17) is 10.8 Å². The highest BCUT2D eigenvalue weighted by Gasteiger charge is 2.30. The van der Waals surface area contributed by atoms with Crippen molar-refractivity contribution >= 4 is 11.9 Å². The Kier molecular flexibility index (Phi) is 3.70. The number of hydrogen-bond donors (Lipinski definition) is 3. The van der Waals surface area contributed by atoms with Crippen LogP contribution in [0.4, 0.5) is 0 Å². The minimum Gasteiger partial charge on any atom is -0.481 e. The van der Waals surface area contributed by atoms with Crippen LogP contribution < -0.4 is 11.1 Å². The van der Waals surface area contributed by atoms with E-state index in [2.05, 4.69) is 5.32 Å². The zero-order valence-corrected chi connectivity index (χ0v) is 9.56. The number of nitrogens with two attached hydrogens (primary N) is 1. The average Bonchev–Trinajstić information content (AvgIpc) is 2.66. The molecule has 0 fully saturated rings. The van der Waals surface area contributed by atoms with Gasteiger partial charge in [-0.15, -0.1) is 0 Å². The molecule has 0 saturated carbocycles. The fourth-order valence-electron chi connectivity index (χ4n) is 1.45. The molecule has 1 amide bonds. The molecule has 0 heterocycles. The fraction of sp³-hybridized carbons (Fsp3) is 0.636. The number of carbonyl (C=O) groups excluding carboxylic acids is 1. The summed E-state index contributed by atoms with van der Waals surface area (Å²) >= 11 is 0. The number of hydrogen-bond acceptors (Lipinski definition) is 3. The van der Waals surface area contributed by atoms with Gasteiger partial charge in [0.05, 0.1) is 11.3 Å². The molecule has 0 aromatic heterocycles. The number of carbonyl (C=O) groups is 2. The van der Waals surface area contributed by atoms with Crippen molar-refractivity contribution in [2.75, 3.05) is 6.54 Å². The van der Waals surface area contributed by atoms with Gasteiger partial charge < -0.3 is 16.2 Å². The van der Waals surface area contributed by atoms with E-state index in [0.717, 1.165) is 0 Å². The lowest BCUT2D eigenvalue weighted by Gasteiger charge is -2.23. The van der Waals surface area contributed by atoms with E-state index < -0.39 is 17.3 Å². The van der Waals surface area contributed by atoms with E-state index >= 15 is 0 Å². The zero-order valence-electron chi connectivity index (χ0n) is 9.56. The highest BCUT2D eigenvalue weighted by atomic mass is 16.4. The molecule has 5 heteroatoms. The summed E-state index contributed by atoms with van der Waals surface area (Å²) in [5.41, 5.74) is 4.87. The molecule has 90 valence electrons. The summed E-state index contributed by atoms with van der Waals surface area (Å²) in [5.74, 6) is -1.49. The van der Waals surface area contributed by atoms with Crippen molar-refractivity contribution in [2.45, 2.75) is 26.3 Å². The van der Waals surface area contributed by atoms with Crippen LogP contribution in [0.3, 0.4) is 0 Å². The zero-order chi connectivity index (χ0) is 12.3. The molecule has 0 spiro atoms. The minimum absolute atomic E-state index is 0.143. The third kappa shape index (κ3) is 2.82. The lowest BCUT2D eigenvalue weighted by Crippen LogP contribution is -2.45. The summed E-state index contributed by atoms with van der Waals surface area (Å²) < 4.78 is 0. The molecule has 0 aromatic rings. The molecule has 0 bridgehead atoms. The van der Waals surface area contributed by atoms with Crippen LogP contribution in [0.1, 0.15) is 20.3 Å². The van der Waals surface area contributed by atoms with E-state index in [1.54, 1.807) is 26.0 Å². The quantitative estimate of drug-likeness (QED) is 0.593. The van der Waals surface area contributed by atoms with Gasteiger partial charge in [0.1, 0.15) is 0 Å². The second-order valence-electron chi connectivity index (χ2n) is 4.73. The van der Waals surface area contributed by atoms with Gasteiger partial charge in [0.2, 0.25) is 5.91 Å². The smallest absolute Gasteiger partial charge is 0.310 e. The molecule has 1 aliphatic carbocycles. The first-order valence-electron chi connectivity index (χ1n) is 5.29. The molecular formula is C11H18N2O3. The molecule has 1 aliphatic rings. The van der Waals surface area contributed by atoms with Gasteiger partial charge >= 0.3 is 5.97 Å². The Morgan fingerprint density at radius 2 is 2.12 bits per heavy atom. The SMILES string of the molecule is CC(C)(CN)C(=O)NC1C=CC(C(=O)O)C1. The van der Waals surface area contributed by atoms with E-state index in [0.29, 0.717) is 6.42 Å². The maximum Gasteiger partial charge on any atom is 0.310 e. The number of aliphatic carboxylic acids is 1. The van der Waals surface area contributed by atoms with Gasteiger partial charge in [-0.25, -0.2) is 0 Å². The normalized spacial score (nSPS) is 24.4. The first-order valence-corrected chi connectivity index (χ1v) is 5.29. The lowest BCUT2D eigenvalue weighted by atomic mass is 9.92. The highest BCUT2D eigenvalue weighted by molar-refractivity contribution is 5.83.